The van der Waals surface area contributed by atoms with Gasteiger partial charge in [-0.3, -0.25) is 5.41 Å². The molecule has 0 saturated carbocycles. The van der Waals surface area contributed by atoms with Gasteiger partial charge >= 0.3 is 0 Å². The topological polar surface area (TPSA) is 68.3 Å². The Morgan fingerprint density at radius 3 is 2.72 bits per heavy atom. The summed E-state index contributed by atoms with van der Waals surface area (Å²) in [5, 5.41) is 7.71. The normalized spacial score (nSPS) is 12.9. The highest BCUT2D eigenvalue weighted by Crippen LogP contribution is 2.22. The minimum atomic E-state index is 0.0132. The van der Waals surface area contributed by atoms with E-state index in [1.165, 1.54) is 6.08 Å². The Morgan fingerprint density at radius 2 is 2.11 bits per heavy atom. The number of nitrogens with two attached hydrogens (primary N) is 1. The van der Waals surface area contributed by atoms with Crippen molar-refractivity contribution in [2.24, 2.45) is 5.73 Å². The molecule has 1 atom stereocenters. The summed E-state index contributed by atoms with van der Waals surface area (Å²) < 4.78 is 10.6. The van der Waals surface area contributed by atoms with Crippen LogP contribution in [0.1, 0.15) is 25.8 Å². The predicted octanol–water partition coefficient (Wildman–Crippen LogP) is 2.79. The van der Waals surface area contributed by atoms with Crippen molar-refractivity contribution in [1.82, 2.24) is 0 Å². The van der Waals surface area contributed by atoms with Crippen LogP contribution in [0.3, 0.4) is 0 Å². The molecule has 1 aromatic carbocycles. The van der Waals surface area contributed by atoms with E-state index in [-0.39, 0.29) is 12.0 Å². The van der Waals surface area contributed by atoms with E-state index in [4.69, 9.17) is 20.6 Å². The van der Waals surface area contributed by atoms with Crippen LogP contribution in [0.4, 0.5) is 0 Å². The predicted molar refractivity (Wildman–Crippen MR) is 73.7 cm³/mol. The number of nitrogens with one attached hydrogen (secondary N) is 1. The van der Waals surface area contributed by atoms with E-state index >= 15 is 0 Å². The number of rotatable bonds is 5. The summed E-state index contributed by atoms with van der Waals surface area (Å²) in [5.74, 6) is 0.746. The Balaban J connectivity index is 2.85. The fourth-order valence-corrected chi connectivity index (χ4v) is 1.44. The molecule has 1 unspecified atom stereocenters. The lowest BCUT2D eigenvalue weighted by molar-refractivity contribution is 0.204. The maximum Gasteiger partial charge on any atom is 0.208 e. The van der Waals surface area contributed by atoms with E-state index in [1.54, 1.807) is 7.11 Å². The van der Waals surface area contributed by atoms with Gasteiger partial charge in [-0.25, -0.2) is 0 Å². The summed E-state index contributed by atoms with van der Waals surface area (Å²) in [7, 11) is 1.59. The molecular weight excluding hydrogens is 228 g/mol. The van der Waals surface area contributed by atoms with E-state index in [1.807, 2.05) is 38.1 Å². The number of hydrogen-bond acceptors (Lipinski definition) is 4. The van der Waals surface area contributed by atoms with Crippen LogP contribution in [0.25, 0.3) is 5.70 Å². The van der Waals surface area contributed by atoms with Crippen LogP contribution in [-0.4, -0.2) is 19.1 Å². The van der Waals surface area contributed by atoms with Gasteiger partial charge in [-0.2, -0.15) is 0 Å². The van der Waals surface area contributed by atoms with Crippen LogP contribution in [0.2, 0.25) is 0 Å². The molecule has 0 aromatic heterocycles. The van der Waals surface area contributed by atoms with Gasteiger partial charge in [-0.15, -0.1) is 0 Å². The molecule has 0 aliphatic carbocycles. The van der Waals surface area contributed by atoms with E-state index in [2.05, 4.69) is 0 Å². The molecule has 1 rings (SSSR count). The zero-order chi connectivity index (χ0) is 13.5. The third-order valence-electron chi connectivity index (χ3n) is 2.61. The molecule has 0 bridgehead atoms. The molecule has 18 heavy (non-hydrogen) atoms. The number of ether oxygens (including phenoxy) is 2. The summed E-state index contributed by atoms with van der Waals surface area (Å²) in [5.41, 5.74) is 7.17. The third kappa shape index (κ3) is 3.80. The molecule has 0 aliphatic rings. The van der Waals surface area contributed by atoms with E-state index < -0.39 is 0 Å². The third-order valence-corrected chi connectivity index (χ3v) is 2.61. The molecule has 98 valence electrons. The van der Waals surface area contributed by atoms with Gasteiger partial charge in [0, 0.05) is 17.3 Å². The molecular formula is C14H20N2O2. The van der Waals surface area contributed by atoms with Gasteiger partial charge in [-0.1, -0.05) is 19.1 Å². The zero-order valence-corrected chi connectivity index (χ0v) is 11.1. The summed E-state index contributed by atoms with van der Waals surface area (Å²) in [4.78, 5) is 0. The van der Waals surface area contributed by atoms with E-state index in [9.17, 15) is 0 Å². The smallest absolute Gasteiger partial charge is 0.208 e. The first-order chi connectivity index (χ1) is 8.58. The first-order valence-electron chi connectivity index (χ1n) is 5.94. The van der Waals surface area contributed by atoms with Crippen molar-refractivity contribution in [3.05, 3.63) is 35.9 Å². The average Bonchev–Trinajstić information content (AvgIpc) is 2.38. The van der Waals surface area contributed by atoms with Gasteiger partial charge < -0.3 is 15.2 Å². The minimum absolute atomic E-state index is 0.0132. The molecule has 0 radical (unpaired) electrons. The Morgan fingerprint density at radius 1 is 1.44 bits per heavy atom. The van der Waals surface area contributed by atoms with Gasteiger partial charge in [0.2, 0.25) is 5.90 Å². The quantitative estimate of drug-likeness (QED) is 0.622. The second-order valence-corrected chi connectivity index (χ2v) is 4.00. The fraction of sp³-hybridized carbons (Fsp3) is 0.357. The molecule has 4 heteroatoms. The molecule has 0 saturated heterocycles. The standard InChI is InChI=1S/C14H20N2O2/c1-4-10(2)18-14(16)9-12(15)11-7-5-6-8-13(11)17-3/h5-10,16H,4,15H2,1-3H3/b12-9-,16-14?. The van der Waals surface area contributed by atoms with Gasteiger partial charge in [0.05, 0.1) is 13.2 Å². The molecule has 0 heterocycles. The lowest BCUT2D eigenvalue weighted by Crippen LogP contribution is -2.12. The fourth-order valence-electron chi connectivity index (χ4n) is 1.44. The van der Waals surface area contributed by atoms with Gasteiger partial charge in [0.15, 0.2) is 0 Å². The maximum absolute atomic E-state index is 7.71. The summed E-state index contributed by atoms with van der Waals surface area (Å²) in [6.45, 7) is 3.92. The molecule has 3 N–H and O–H groups in total. The summed E-state index contributed by atoms with van der Waals surface area (Å²) in [6, 6.07) is 7.42. The second-order valence-electron chi connectivity index (χ2n) is 4.00. The first-order valence-corrected chi connectivity index (χ1v) is 5.94. The van der Waals surface area contributed by atoms with Crippen LogP contribution in [0, 0.1) is 5.41 Å². The highest BCUT2D eigenvalue weighted by molar-refractivity contribution is 5.93. The summed E-state index contributed by atoms with van der Waals surface area (Å²) >= 11 is 0. The zero-order valence-electron chi connectivity index (χ0n) is 11.1. The molecule has 1 aromatic rings. The number of benzene rings is 1. The molecule has 0 spiro atoms. The van der Waals surface area contributed by atoms with Crippen LogP contribution >= 0.6 is 0 Å². The number of methoxy groups -OCH3 is 1. The largest absolute Gasteiger partial charge is 0.496 e. The van der Waals surface area contributed by atoms with E-state index in [0.717, 1.165) is 12.0 Å². The van der Waals surface area contributed by atoms with Crippen molar-refractivity contribution in [1.29, 1.82) is 5.41 Å². The monoisotopic (exact) mass is 248 g/mol. The van der Waals surface area contributed by atoms with Gasteiger partial charge in [0.1, 0.15) is 5.75 Å². The molecule has 0 amide bonds. The average molecular weight is 248 g/mol. The first kappa shape index (κ1) is 14.1. The Kier molecular flexibility index (Phi) is 5.24. The Bertz CT molecular complexity index is 441. The molecule has 0 fully saturated rings. The highest BCUT2D eigenvalue weighted by atomic mass is 16.5. The van der Waals surface area contributed by atoms with Gasteiger partial charge in [-0.05, 0) is 25.5 Å². The lowest BCUT2D eigenvalue weighted by atomic mass is 10.1. The van der Waals surface area contributed by atoms with Crippen molar-refractivity contribution in [2.75, 3.05) is 7.11 Å². The SMILES string of the molecule is CCC(C)OC(=N)/C=C(\N)c1ccccc1OC. The van der Waals surface area contributed by atoms with Crippen LogP contribution < -0.4 is 10.5 Å². The summed E-state index contributed by atoms with van der Waals surface area (Å²) in [6.07, 6.45) is 2.37. The number of hydrogen-bond donors (Lipinski definition) is 2. The number of para-hydroxylation sites is 1. The maximum atomic E-state index is 7.71. The Hall–Kier alpha value is -1.97. The minimum Gasteiger partial charge on any atom is -0.496 e. The highest BCUT2D eigenvalue weighted by Gasteiger charge is 2.07. The van der Waals surface area contributed by atoms with Crippen molar-refractivity contribution < 1.29 is 9.47 Å². The van der Waals surface area contributed by atoms with Crippen molar-refractivity contribution in [3.8, 4) is 5.75 Å². The van der Waals surface area contributed by atoms with Crippen LogP contribution in [0.15, 0.2) is 30.3 Å². The van der Waals surface area contributed by atoms with Crippen molar-refractivity contribution >= 4 is 11.6 Å². The van der Waals surface area contributed by atoms with Crippen molar-refractivity contribution in [2.45, 2.75) is 26.4 Å². The van der Waals surface area contributed by atoms with Crippen molar-refractivity contribution in [3.63, 3.8) is 0 Å². The second kappa shape index (κ2) is 6.69. The van der Waals surface area contributed by atoms with Crippen LogP contribution in [0.5, 0.6) is 5.75 Å². The molecule has 4 nitrogen and oxygen atoms in total. The Labute approximate surface area is 108 Å². The van der Waals surface area contributed by atoms with E-state index in [0.29, 0.717) is 11.4 Å². The van der Waals surface area contributed by atoms with Gasteiger partial charge in [0.25, 0.3) is 0 Å². The molecule has 0 aliphatic heterocycles. The van der Waals surface area contributed by atoms with Crippen LogP contribution in [-0.2, 0) is 4.74 Å². The lowest BCUT2D eigenvalue weighted by Gasteiger charge is -2.12.